The maximum Gasteiger partial charge on any atom is 0.253 e. The standard InChI is InChI=1S/C28H32N2O5S/c1-19-25(18-36-14-13-31)34-28(35-26(19)22-8-6-21(17-32)7-9-22)23-10-4-20(5-11-23)15-30-27(33)24-3-2-12-29-16-24/h2-12,16,19,25-26,28,31-32H,13-15,17-18H2,1H3,(H,30,33). The Morgan fingerprint density at radius 1 is 1.00 bits per heavy atom. The first kappa shape index (κ1) is 26.3. The van der Waals surface area contributed by atoms with Crippen LogP contribution in [0.2, 0.25) is 0 Å². The molecule has 0 spiro atoms. The third-order valence-electron chi connectivity index (χ3n) is 6.27. The van der Waals surface area contributed by atoms with Gasteiger partial charge in [0, 0.05) is 41.9 Å². The van der Waals surface area contributed by atoms with E-state index in [0.29, 0.717) is 17.9 Å². The molecule has 4 atom stereocenters. The number of ether oxygens (including phenoxy) is 2. The van der Waals surface area contributed by atoms with Crippen LogP contribution in [0, 0.1) is 5.92 Å². The van der Waals surface area contributed by atoms with Gasteiger partial charge in [-0.3, -0.25) is 9.78 Å². The van der Waals surface area contributed by atoms with Crippen LogP contribution in [0.1, 0.15) is 51.9 Å². The number of pyridine rings is 1. The molecule has 3 N–H and O–H groups in total. The average Bonchev–Trinajstić information content (AvgIpc) is 2.93. The lowest BCUT2D eigenvalue weighted by Crippen LogP contribution is -2.38. The molecule has 1 aliphatic rings. The Balaban J connectivity index is 1.46. The van der Waals surface area contributed by atoms with E-state index in [1.165, 1.54) is 0 Å². The molecule has 1 aromatic heterocycles. The molecule has 7 nitrogen and oxygen atoms in total. The molecule has 4 unspecified atom stereocenters. The number of aliphatic hydroxyl groups is 2. The molecule has 0 radical (unpaired) electrons. The van der Waals surface area contributed by atoms with Gasteiger partial charge < -0.3 is 25.0 Å². The minimum Gasteiger partial charge on any atom is -0.396 e. The van der Waals surface area contributed by atoms with Crippen molar-refractivity contribution in [2.75, 3.05) is 18.1 Å². The van der Waals surface area contributed by atoms with E-state index in [1.807, 2.05) is 48.5 Å². The van der Waals surface area contributed by atoms with Crippen LogP contribution in [0.3, 0.4) is 0 Å². The molecule has 0 bridgehead atoms. The van der Waals surface area contributed by atoms with Crippen LogP contribution in [-0.4, -0.2) is 45.3 Å². The largest absolute Gasteiger partial charge is 0.396 e. The van der Waals surface area contributed by atoms with E-state index in [1.54, 1.807) is 36.3 Å². The third-order valence-corrected chi connectivity index (χ3v) is 7.31. The number of thioether (sulfide) groups is 1. The molecule has 2 aromatic carbocycles. The van der Waals surface area contributed by atoms with Gasteiger partial charge in [0.1, 0.15) is 0 Å². The first-order chi connectivity index (χ1) is 17.6. The lowest BCUT2D eigenvalue weighted by Gasteiger charge is -2.41. The highest BCUT2D eigenvalue weighted by Gasteiger charge is 2.38. The fraction of sp³-hybridized carbons (Fsp3) is 0.357. The Labute approximate surface area is 215 Å². The second-order valence-electron chi connectivity index (χ2n) is 8.79. The molecule has 1 fully saturated rings. The maximum atomic E-state index is 12.3. The number of benzene rings is 2. The minimum absolute atomic E-state index is 0.00254. The Morgan fingerprint density at radius 3 is 2.39 bits per heavy atom. The second kappa shape index (κ2) is 13.0. The van der Waals surface area contributed by atoms with Gasteiger partial charge in [0.05, 0.1) is 31.0 Å². The Morgan fingerprint density at radius 2 is 1.72 bits per heavy atom. The molecule has 190 valence electrons. The number of amides is 1. The molecule has 4 rings (SSSR count). The fourth-order valence-corrected chi connectivity index (χ4v) is 5.06. The molecule has 1 amide bonds. The monoisotopic (exact) mass is 508 g/mol. The van der Waals surface area contributed by atoms with E-state index in [2.05, 4.69) is 17.2 Å². The summed E-state index contributed by atoms with van der Waals surface area (Å²) >= 11 is 1.67. The summed E-state index contributed by atoms with van der Waals surface area (Å²) in [6, 6.07) is 19.2. The Hall–Kier alpha value is -2.75. The van der Waals surface area contributed by atoms with Gasteiger partial charge in [-0.2, -0.15) is 11.8 Å². The summed E-state index contributed by atoms with van der Waals surface area (Å²) < 4.78 is 12.8. The normalized spacial score (nSPS) is 21.8. The zero-order chi connectivity index (χ0) is 25.3. The van der Waals surface area contributed by atoms with Crippen molar-refractivity contribution in [1.82, 2.24) is 10.3 Å². The van der Waals surface area contributed by atoms with Gasteiger partial charge in [0.25, 0.3) is 5.91 Å². The van der Waals surface area contributed by atoms with E-state index >= 15 is 0 Å². The van der Waals surface area contributed by atoms with Gasteiger partial charge in [-0.15, -0.1) is 0 Å². The van der Waals surface area contributed by atoms with E-state index in [4.69, 9.17) is 9.47 Å². The van der Waals surface area contributed by atoms with Crippen LogP contribution in [0.25, 0.3) is 0 Å². The van der Waals surface area contributed by atoms with E-state index in [-0.39, 0.29) is 37.2 Å². The summed E-state index contributed by atoms with van der Waals surface area (Å²) in [6.45, 7) is 2.66. The van der Waals surface area contributed by atoms with Crippen molar-refractivity contribution < 1.29 is 24.5 Å². The van der Waals surface area contributed by atoms with Crippen LogP contribution in [0.4, 0.5) is 0 Å². The number of aliphatic hydroxyl groups excluding tert-OH is 2. The van der Waals surface area contributed by atoms with Gasteiger partial charge in [-0.05, 0) is 28.8 Å². The molecular formula is C28H32N2O5S. The van der Waals surface area contributed by atoms with E-state index in [9.17, 15) is 15.0 Å². The van der Waals surface area contributed by atoms with Gasteiger partial charge in [-0.25, -0.2) is 0 Å². The number of carbonyl (C=O) groups is 1. The molecule has 1 saturated heterocycles. The number of nitrogens with zero attached hydrogens (tertiary/aromatic N) is 1. The average molecular weight is 509 g/mol. The number of nitrogens with one attached hydrogen (secondary N) is 1. The lowest BCUT2D eigenvalue weighted by molar-refractivity contribution is -0.268. The summed E-state index contributed by atoms with van der Waals surface area (Å²) in [7, 11) is 0. The van der Waals surface area contributed by atoms with Crippen molar-refractivity contribution in [3.63, 3.8) is 0 Å². The first-order valence-corrected chi connectivity index (χ1v) is 13.2. The van der Waals surface area contributed by atoms with Crippen molar-refractivity contribution in [2.45, 2.75) is 38.6 Å². The minimum atomic E-state index is -0.539. The molecule has 1 aliphatic heterocycles. The predicted octanol–water partition coefficient (Wildman–Crippen LogP) is 4.02. The zero-order valence-electron chi connectivity index (χ0n) is 20.2. The highest BCUT2D eigenvalue weighted by molar-refractivity contribution is 7.99. The quantitative estimate of drug-likeness (QED) is 0.356. The van der Waals surface area contributed by atoms with Crippen molar-refractivity contribution in [3.8, 4) is 0 Å². The van der Waals surface area contributed by atoms with Gasteiger partial charge in [0.15, 0.2) is 6.29 Å². The number of hydrogen-bond donors (Lipinski definition) is 3. The van der Waals surface area contributed by atoms with E-state index < -0.39 is 6.29 Å². The van der Waals surface area contributed by atoms with Gasteiger partial charge >= 0.3 is 0 Å². The highest BCUT2D eigenvalue weighted by Crippen LogP contribution is 2.42. The molecule has 3 aromatic rings. The van der Waals surface area contributed by atoms with Gasteiger partial charge in [-0.1, -0.05) is 55.5 Å². The smallest absolute Gasteiger partial charge is 0.253 e. The fourth-order valence-electron chi connectivity index (χ4n) is 4.15. The number of rotatable bonds is 10. The number of aromatic nitrogens is 1. The summed E-state index contributed by atoms with van der Waals surface area (Å²) in [4.78, 5) is 16.3. The second-order valence-corrected chi connectivity index (χ2v) is 9.94. The number of carbonyl (C=O) groups excluding carboxylic acids is 1. The van der Waals surface area contributed by atoms with Gasteiger partial charge in [0.2, 0.25) is 0 Å². The predicted molar refractivity (Wildman–Crippen MR) is 139 cm³/mol. The number of hydrogen-bond acceptors (Lipinski definition) is 7. The summed E-state index contributed by atoms with van der Waals surface area (Å²) in [5.41, 5.74) is 4.29. The molecule has 36 heavy (non-hydrogen) atoms. The summed E-state index contributed by atoms with van der Waals surface area (Å²) in [5.74, 6) is 1.35. The lowest BCUT2D eigenvalue weighted by atomic mass is 9.91. The molecule has 2 heterocycles. The topological polar surface area (TPSA) is 101 Å². The summed E-state index contributed by atoms with van der Waals surface area (Å²) in [5, 5.41) is 21.5. The van der Waals surface area contributed by atoms with Crippen molar-refractivity contribution in [3.05, 3.63) is 101 Å². The Kier molecular flexibility index (Phi) is 9.49. The molecule has 0 saturated carbocycles. The first-order valence-electron chi connectivity index (χ1n) is 12.1. The van der Waals surface area contributed by atoms with Crippen LogP contribution in [0.15, 0.2) is 73.1 Å². The molecule has 0 aliphatic carbocycles. The van der Waals surface area contributed by atoms with Crippen LogP contribution >= 0.6 is 11.8 Å². The Bertz CT molecular complexity index is 1100. The highest BCUT2D eigenvalue weighted by atomic mass is 32.2. The van der Waals surface area contributed by atoms with E-state index in [0.717, 1.165) is 28.0 Å². The third kappa shape index (κ3) is 6.72. The van der Waals surface area contributed by atoms with Crippen LogP contribution < -0.4 is 5.32 Å². The van der Waals surface area contributed by atoms with Crippen LogP contribution in [0.5, 0.6) is 0 Å². The SMILES string of the molecule is CC1C(CSCCO)OC(c2ccc(CNC(=O)c3cccnc3)cc2)OC1c1ccc(CO)cc1. The van der Waals surface area contributed by atoms with Crippen molar-refractivity contribution in [2.24, 2.45) is 5.92 Å². The molecular weight excluding hydrogens is 476 g/mol. The van der Waals surface area contributed by atoms with Crippen molar-refractivity contribution >= 4 is 17.7 Å². The zero-order valence-corrected chi connectivity index (χ0v) is 21.1. The maximum absolute atomic E-state index is 12.3. The molecule has 8 heteroatoms. The van der Waals surface area contributed by atoms with Crippen LogP contribution in [-0.2, 0) is 22.6 Å². The summed E-state index contributed by atoms with van der Waals surface area (Å²) in [6.07, 6.45) is 2.41. The van der Waals surface area contributed by atoms with Crippen molar-refractivity contribution in [1.29, 1.82) is 0 Å².